The summed E-state index contributed by atoms with van der Waals surface area (Å²) < 4.78 is 13.7. The molecule has 0 N–H and O–H groups in total. The molecule has 3 aromatic rings. The molecule has 1 heterocycles. The Kier molecular flexibility index (Phi) is 6.17. The molecule has 0 spiro atoms. The van der Waals surface area contributed by atoms with Gasteiger partial charge in [0.1, 0.15) is 11.5 Å². The van der Waals surface area contributed by atoms with E-state index in [1.807, 2.05) is 54.8 Å². The van der Waals surface area contributed by atoms with E-state index in [0.717, 1.165) is 32.8 Å². The molecule has 5 nitrogen and oxygen atoms in total. The van der Waals surface area contributed by atoms with Gasteiger partial charge in [0.15, 0.2) is 4.80 Å². The average Bonchev–Trinajstić information content (AvgIpc) is 2.99. The number of nitrogens with zero attached hydrogens (tertiary/aromatic N) is 2. The lowest BCUT2D eigenvalue weighted by atomic mass is 10.1. The lowest BCUT2D eigenvalue weighted by Gasteiger charge is -2.06. The van der Waals surface area contributed by atoms with Gasteiger partial charge in [0.25, 0.3) is 5.91 Å². The van der Waals surface area contributed by atoms with E-state index in [-0.39, 0.29) is 12.3 Å². The Morgan fingerprint density at radius 1 is 1.29 bits per heavy atom. The van der Waals surface area contributed by atoms with Crippen molar-refractivity contribution >= 4 is 27.5 Å². The second-order valence-electron chi connectivity index (χ2n) is 6.22. The fourth-order valence-corrected chi connectivity index (χ4v) is 4.09. The molecular weight excluding hydrogens is 372 g/mol. The monoisotopic (exact) mass is 394 g/mol. The lowest BCUT2D eigenvalue weighted by molar-refractivity contribution is -0.117. The van der Waals surface area contributed by atoms with Crippen LogP contribution in [0.5, 0.6) is 11.5 Å². The Bertz CT molecular complexity index is 1120. The van der Waals surface area contributed by atoms with Gasteiger partial charge in [0, 0.05) is 0 Å². The van der Waals surface area contributed by atoms with E-state index in [1.165, 1.54) is 11.3 Å². The zero-order valence-electron chi connectivity index (χ0n) is 16.2. The highest BCUT2D eigenvalue weighted by atomic mass is 32.1. The largest absolute Gasteiger partial charge is 0.496 e. The van der Waals surface area contributed by atoms with Crippen molar-refractivity contribution in [2.45, 2.75) is 26.8 Å². The van der Waals surface area contributed by atoms with Crippen molar-refractivity contribution in [3.05, 3.63) is 52.3 Å². The average molecular weight is 394 g/mol. The van der Waals surface area contributed by atoms with Crippen molar-refractivity contribution in [2.24, 2.45) is 4.99 Å². The molecule has 2 aromatic carbocycles. The van der Waals surface area contributed by atoms with Crippen LogP contribution in [0.2, 0.25) is 0 Å². The summed E-state index contributed by atoms with van der Waals surface area (Å²) in [7, 11) is 1.63. The molecule has 0 bridgehead atoms. The van der Waals surface area contributed by atoms with Crippen LogP contribution in [-0.2, 0) is 17.8 Å². The molecule has 0 saturated heterocycles. The number of carbonyl (C=O) groups is 1. The molecule has 0 unspecified atom stereocenters. The number of ether oxygens (including phenoxy) is 2. The quantitative estimate of drug-likeness (QED) is 0.599. The molecule has 0 aliphatic heterocycles. The van der Waals surface area contributed by atoms with E-state index in [4.69, 9.17) is 15.9 Å². The van der Waals surface area contributed by atoms with Crippen LogP contribution in [0.1, 0.15) is 18.1 Å². The van der Waals surface area contributed by atoms with E-state index in [1.54, 1.807) is 7.11 Å². The molecule has 0 fully saturated rings. The third-order valence-corrected chi connectivity index (χ3v) is 5.29. The fraction of sp³-hybridized carbons (Fsp3) is 0.273. The number of benzene rings is 2. The molecule has 6 heteroatoms. The Morgan fingerprint density at radius 2 is 2.11 bits per heavy atom. The molecular formula is C22H22N2O3S. The van der Waals surface area contributed by atoms with Gasteiger partial charge in [0.2, 0.25) is 0 Å². The molecule has 144 valence electrons. The summed E-state index contributed by atoms with van der Waals surface area (Å²) in [6.07, 6.45) is 5.75. The SMILES string of the molecule is C#CCn1c(=NC(=O)Cc2ccc(OC)c(C)c2)sc2cc(OCC)ccc21. The van der Waals surface area contributed by atoms with Crippen molar-refractivity contribution in [3.63, 3.8) is 0 Å². The molecule has 0 atom stereocenters. The Labute approximate surface area is 168 Å². The first-order valence-corrected chi connectivity index (χ1v) is 9.78. The van der Waals surface area contributed by atoms with E-state index >= 15 is 0 Å². The summed E-state index contributed by atoms with van der Waals surface area (Å²) in [4.78, 5) is 17.5. The predicted molar refractivity (Wildman–Crippen MR) is 112 cm³/mol. The predicted octanol–water partition coefficient (Wildman–Crippen LogP) is 3.72. The fourth-order valence-electron chi connectivity index (χ4n) is 3.01. The van der Waals surface area contributed by atoms with Gasteiger partial charge in [-0.15, -0.1) is 6.42 Å². The van der Waals surface area contributed by atoms with Gasteiger partial charge in [0.05, 0.1) is 36.9 Å². The number of fused-ring (bicyclic) bond motifs is 1. The van der Waals surface area contributed by atoms with Crippen molar-refractivity contribution in [3.8, 4) is 23.8 Å². The van der Waals surface area contributed by atoms with E-state index in [2.05, 4.69) is 10.9 Å². The zero-order valence-corrected chi connectivity index (χ0v) is 17.0. The maximum atomic E-state index is 12.6. The maximum absolute atomic E-state index is 12.6. The second kappa shape index (κ2) is 8.77. The van der Waals surface area contributed by atoms with Crippen LogP contribution in [-0.4, -0.2) is 24.2 Å². The minimum atomic E-state index is -0.216. The second-order valence-corrected chi connectivity index (χ2v) is 7.23. The number of amides is 1. The van der Waals surface area contributed by atoms with Crippen molar-refractivity contribution in [1.82, 2.24) is 4.57 Å². The Morgan fingerprint density at radius 3 is 2.79 bits per heavy atom. The van der Waals surface area contributed by atoms with Gasteiger partial charge < -0.3 is 14.0 Å². The maximum Gasteiger partial charge on any atom is 0.252 e. The highest BCUT2D eigenvalue weighted by Gasteiger charge is 2.10. The van der Waals surface area contributed by atoms with Gasteiger partial charge in [-0.1, -0.05) is 29.4 Å². The molecule has 0 aliphatic rings. The van der Waals surface area contributed by atoms with Crippen molar-refractivity contribution in [2.75, 3.05) is 13.7 Å². The molecule has 0 aliphatic carbocycles. The smallest absolute Gasteiger partial charge is 0.252 e. The summed E-state index contributed by atoms with van der Waals surface area (Å²) in [5.41, 5.74) is 2.83. The van der Waals surface area contributed by atoms with Gasteiger partial charge in [-0.3, -0.25) is 4.79 Å². The van der Waals surface area contributed by atoms with Gasteiger partial charge in [-0.25, -0.2) is 0 Å². The van der Waals surface area contributed by atoms with Crippen LogP contribution >= 0.6 is 11.3 Å². The highest BCUT2D eigenvalue weighted by Crippen LogP contribution is 2.23. The Hall–Kier alpha value is -3.04. The molecule has 0 saturated carbocycles. The summed E-state index contributed by atoms with van der Waals surface area (Å²) in [6.45, 7) is 4.84. The number of carbonyl (C=O) groups excluding carboxylic acids is 1. The third-order valence-electron chi connectivity index (χ3n) is 4.25. The number of rotatable bonds is 6. The third kappa shape index (κ3) is 4.26. The van der Waals surface area contributed by atoms with Gasteiger partial charge >= 0.3 is 0 Å². The minimum Gasteiger partial charge on any atom is -0.496 e. The molecule has 28 heavy (non-hydrogen) atoms. The number of methoxy groups -OCH3 is 1. The number of aryl methyl sites for hydroxylation is 1. The summed E-state index contributed by atoms with van der Waals surface area (Å²) >= 11 is 1.43. The standard InChI is InChI=1S/C22H22N2O3S/c1-5-11-24-18-9-8-17(27-6-2)14-20(18)28-22(24)23-21(25)13-16-7-10-19(26-4)15(3)12-16/h1,7-10,12,14H,6,11,13H2,2-4H3. The molecule has 3 rings (SSSR count). The number of hydrogen-bond acceptors (Lipinski definition) is 4. The summed E-state index contributed by atoms with van der Waals surface area (Å²) in [5, 5.41) is 0. The first-order chi connectivity index (χ1) is 13.5. The van der Waals surface area contributed by atoms with Crippen LogP contribution in [0.15, 0.2) is 41.4 Å². The van der Waals surface area contributed by atoms with Gasteiger partial charge in [-0.05, 0) is 49.2 Å². The summed E-state index contributed by atoms with van der Waals surface area (Å²) in [5.74, 6) is 4.01. The summed E-state index contributed by atoms with van der Waals surface area (Å²) in [6, 6.07) is 11.5. The number of hydrogen-bond donors (Lipinski definition) is 0. The van der Waals surface area contributed by atoms with E-state index < -0.39 is 0 Å². The van der Waals surface area contributed by atoms with Crippen LogP contribution in [0.25, 0.3) is 10.2 Å². The van der Waals surface area contributed by atoms with Crippen molar-refractivity contribution in [1.29, 1.82) is 0 Å². The normalized spacial score (nSPS) is 11.4. The first-order valence-electron chi connectivity index (χ1n) is 8.96. The van der Waals surface area contributed by atoms with Crippen LogP contribution < -0.4 is 14.3 Å². The van der Waals surface area contributed by atoms with Gasteiger partial charge in [-0.2, -0.15) is 4.99 Å². The first kappa shape index (κ1) is 19.7. The zero-order chi connectivity index (χ0) is 20.1. The minimum absolute atomic E-state index is 0.216. The Balaban J connectivity index is 1.95. The molecule has 1 amide bonds. The lowest BCUT2D eigenvalue weighted by Crippen LogP contribution is -2.17. The van der Waals surface area contributed by atoms with Crippen LogP contribution in [0.4, 0.5) is 0 Å². The number of aromatic nitrogens is 1. The number of thiazole rings is 1. The van der Waals surface area contributed by atoms with Crippen LogP contribution in [0.3, 0.4) is 0 Å². The highest BCUT2D eigenvalue weighted by molar-refractivity contribution is 7.16. The molecule has 1 aromatic heterocycles. The topological polar surface area (TPSA) is 52.8 Å². The van der Waals surface area contributed by atoms with Crippen LogP contribution in [0, 0.1) is 19.3 Å². The van der Waals surface area contributed by atoms with Crippen molar-refractivity contribution < 1.29 is 14.3 Å². The van der Waals surface area contributed by atoms with E-state index in [9.17, 15) is 4.79 Å². The number of terminal acetylenes is 1. The molecule has 0 radical (unpaired) electrons. The van der Waals surface area contributed by atoms with E-state index in [0.29, 0.717) is 18.0 Å².